The third kappa shape index (κ3) is 3.33. The second-order valence-electron chi connectivity index (χ2n) is 6.07. The molecule has 1 aliphatic rings. The molecule has 0 saturated carbocycles. The van der Waals surface area contributed by atoms with E-state index in [1.54, 1.807) is 25.2 Å². The number of methoxy groups -OCH3 is 2. The lowest BCUT2D eigenvalue weighted by Gasteiger charge is -2.26. The van der Waals surface area contributed by atoms with Gasteiger partial charge in [-0.25, -0.2) is 0 Å². The van der Waals surface area contributed by atoms with Gasteiger partial charge in [-0.05, 0) is 37.1 Å². The third-order valence-electron chi connectivity index (χ3n) is 4.61. The number of benzene rings is 2. The van der Waals surface area contributed by atoms with Crippen LogP contribution in [0.5, 0.6) is 11.5 Å². The molecule has 7 heteroatoms. The molecule has 26 heavy (non-hydrogen) atoms. The molecule has 0 aliphatic carbocycles. The highest BCUT2D eigenvalue weighted by Crippen LogP contribution is 2.39. The second kappa shape index (κ2) is 7.43. The van der Waals surface area contributed by atoms with Gasteiger partial charge in [-0.1, -0.05) is 6.07 Å². The minimum absolute atomic E-state index is 0.0921. The number of hydrogen-bond acceptors (Lipinski definition) is 5. The number of likely N-dealkylation sites (tertiary alicyclic amines) is 1. The van der Waals surface area contributed by atoms with Crippen LogP contribution in [0.2, 0.25) is 0 Å². The molecular weight excluding hydrogens is 336 g/mol. The summed E-state index contributed by atoms with van der Waals surface area (Å²) in [5.74, 6) is 1.16. The van der Waals surface area contributed by atoms with Gasteiger partial charge in [0, 0.05) is 29.8 Å². The third-order valence-corrected chi connectivity index (χ3v) is 4.61. The van der Waals surface area contributed by atoms with Gasteiger partial charge < -0.3 is 14.4 Å². The molecule has 2 aromatic carbocycles. The Balaban J connectivity index is 1.95. The Morgan fingerprint density at radius 2 is 2.00 bits per heavy atom. The van der Waals surface area contributed by atoms with Gasteiger partial charge in [0.1, 0.15) is 11.5 Å². The quantitative estimate of drug-likeness (QED) is 0.604. The Morgan fingerprint density at radius 3 is 2.69 bits per heavy atom. The van der Waals surface area contributed by atoms with Gasteiger partial charge in [-0.3, -0.25) is 14.9 Å². The van der Waals surface area contributed by atoms with Crippen molar-refractivity contribution >= 4 is 11.6 Å². The molecule has 0 aromatic heterocycles. The first kappa shape index (κ1) is 17.7. The fraction of sp³-hybridized carbons (Fsp3) is 0.316. The number of hydrogen-bond donors (Lipinski definition) is 0. The van der Waals surface area contributed by atoms with E-state index >= 15 is 0 Å². The average molecular weight is 356 g/mol. The Hall–Kier alpha value is -3.09. The maximum Gasteiger partial charge on any atom is 0.270 e. The molecule has 0 bridgehead atoms. The molecule has 1 fully saturated rings. The molecule has 2 aromatic rings. The highest BCUT2D eigenvalue weighted by atomic mass is 16.6. The topological polar surface area (TPSA) is 81.9 Å². The zero-order chi connectivity index (χ0) is 18.7. The number of carbonyl (C=O) groups is 1. The van der Waals surface area contributed by atoms with Crippen molar-refractivity contribution in [1.29, 1.82) is 0 Å². The Bertz CT molecular complexity index is 836. The van der Waals surface area contributed by atoms with E-state index in [1.165, 1.54) is 18.2 Å². The van der Waals surface area contributed by atoms with Crippen LogP contribution in [0.3, 0.4) is 0 Å². The lowest BCUT2D eigenvalue weighted by atomic mass is 10.0. The summed E-state index contributed by atoms with van der Waals surface area (Å²) in [6.45, 7) is 0.590. The summed E-state index contributed by atoms with van der Waals surface area (Å²) in [6, 6.07) is 11.2. The maximum atomic E-state index is 13.0. The van der Waals surface area contributed by atoms with Crippen LogP contribution in [0.25, 0.3) is 0 Å². The first-order valence-corrected chi connectivity index (χ1v) is 8.32. The molecule has 1 atom stereocenters. The SMILES string of the molecule is COc1ccc(OC)c([C@H]2CCCN2C(=O)c2cccc([N+](=O)[O-])c2)c1. The van der Waals surface area contributed by atoms with Crippen molar-refractivity contribution in [1.82, 2.24) is 4.90 Å². The first-order valence-electron chi connectivity index (χ1n) is 8.32. The van der Waals surface area contributed by atoms with E-state index in [-0.39, 0.29) is 17.6 Å². The second-order valence-corrected chi connectivity index (χ2v) is 6.07. The Labute approximate surface area is 151 Å². The highest BCUT2D eigenvalue weighted by molar-refractivity contribution is 5.95. The lowest BCUT2D eigenvalue weighted by molar-refractivity contribution is -0.384. The van der Waals surface area contributed by atoms with Gasteiger partial charge in [0.2, 0.25) is 0 Å². The molecule has 1 saturated heterocycles. The molecule has 0 unspecified atom stereocenters. The van der Waals surface area contributed by atoms with Gasteiger partial charge in [-0.15, -0.1) is 0 Å². The summed E-state index contributed by atoms with van der Waals surface area (Å²) in [4.78, 5) is 25.2. The standard InChI is InChI=1S/C19H20N2O5/c1-25-15-8-9-18(26-2)16(12-15)17-7-4-10-20(17)19(22)13-5-3-6-14(11-13)21(23)24/h3,5-6,8-9,11-12,17H,4,7,10H2,1-2H3/t17-/m1/s1. The van der Waals surface area contributed by atoms with Crippen molar-refractivity contribution in [3.63, 3.8) is 0 Å². The number of ether oxygens (including phenoxy) is 2. The van der Waals surface area contributed by atoms with Crippen LogP contribution in [0, 0.1) is 10.1 Å². The van der Waals surface area contributed by atoms with Crippen molar-refractivity contribution < 1.29 is 19.2 Å². The summed E-state index contributed by atoms with van der Waals surface area (Å²) in [7, 11) is 3.18. The minimum Gasteiger partial charge on any atom is -0.497 e. The van der Waals surface area contributed by atoms with E-state index in [4.69, 9.17) is 9.47 Å². The molecule has 1 amide bonds. The first-order chi connectivity index (χ1) is 12.5. The van der Waals surface area contributed by atoms with Gasteiger partial charge in [0.25, 0.3) is 11.6 Å². The molecule has 7 nitrogen and oxygen atoms in total. The van der Waals surface area contributed by atoms with Gasteiger partial charge >= 0.3 is 0 Å². The van der Waals surface area contributed by atoms with Crippen LogP contribution >= 0.6 is 0 Å². The van der Waals surface area contributed by atoms with E-state index in [9.17, 15) is 14.9 Å². The van der Waals surface area contributed by atoms with Crippen molar-refractivity contribution in [3.8, 4) is 11.5 Å². The van der Waals surface area contributed by atoms with Crippen molar-refractivity contribution in [2.75, 3.05) is 20.8 Å². The maximum absolute atomic E-state index is 13.0. The van der Waals surface area contributed by atoms with E-state index < -0.39 is 4.92 Å². The Kier molecular flexibility index (Phi) is 5.06. The number of amides is 1. The largest absolute Gasteiger partial charge is 0.497 e. The molecule has 136 valence electrons. The molecule has 0 radical (unpaired) electrons. The summed E-state index contributed by atoms with van der Waals surface area (Å²) in [5, 5.41) is 11.0. The molecule has 1 heterocycles. The molecule has 1 aliphatic heterocycles. The molecule has 0 spiro atoms. The minimum atomic E-state index is -0.497. The number of rotatable bonds is 5. The number of non-ortho nitro benzene ring substituents is 1. The normalized spacial score (nSPS) is 16.4. The summed E-state index contributed by atoms with van der Waals surface area (Å²) < 4.78 is 10.8. The van der Waals surface area contributed by atoms with Gasteiger partial charge in [0.15, 0.2) is 0 Å². The fourth-order valence-corrected chi connectivity index (χ4v) is 3.35. The van der Waals surface area contributed by atoms with Gasteiger partial charge in [0.05, 0.1) is 25.2 Å². The number of carbonyl (C=O) groups excluding carboxylic acids is 1. The van der Waals surface area contributed by atoms with Gasteiger partial charge in [-0.2, -0.15) is 0 Å². The molecule has 0 N–H and O–H groups in total. The van der Waals surface area contributed by atoms with E-state index in [0.717, 1.165) is 18.4 Å². The van der Waals surface area contributed by atoms with Crippen molar-refractivity contribution in [2.45, 2.75) is 18.9 Å². The number of nitrogens with zero attached hydrogens (tertiary/aromatic N) is 2. The van der Waals surface area contributed by atoms with E-state index in [2.05, 4.69) is 0 Å². The predicted molar refractivity (Wildman–Crippen MR) is 95.7 cm³/mol. The van der Waals surface area contributed by atoms with Crippen molar-refractivity contribution in [2.24, 2.45) is 0 Å². The monoisotopic (exact) mass is 356 g/mol. The van der Waals surface area contributed by atoms with E-state index in [0.29, 0.717) is 23.6 Å². The summed E-state index contributed by atoms with van der Waals surface area (Å²) >= 11 is 0. The molecular formula is C19H20N2O5. The summed E-state index contributed by atoms with van der Waals surface area (Å²) in [6.07, 6.45) is 1.65. The highest BCUT2D eigenvalue weighted by Gasteiger charge is 2.33. The van der Waals surface area contributed by atoms with Crippen LogP contribution in [0.1, 0.15) is 34.8 Å². The van der Waals surface area contributed by atoms with Crippen LogP contribution in [0.15, 0.2) is 42.5 Å². The number of nitro groups is 1. The van der Waals surface area contributed by atoms with Crippen LogP contribution in [0.4, 0.5) is 5.69 Å². The lowest BCUT2D eigenvalue weighted by Crippen LogP contribution is -2.30. The number of nitro benzene ring substituents is 1. The fourth-order valence-electron chi connectivity index (χ4n) is 3.35. The van der Waals surface area contributed by atoms with Crippen LogP contribution < -0.4 is 9.47 Å². The van der Waals surface area contributed by atoms with Crippen molar-refractivity contribution in [3.05, 3.63) is 63.7 Å². The zero-order valence-corrected chi connectivity index (χ0v) is 14.7. The zero-order valence-electron chi connectivity index (χ0n) is 14.7. The van der Waals surface area contributed by atoms with Crippen LogP contribution in [-0.2, 0) is 0 Å². The van der Waals surface area contributed by atoms with E-state index in [1.807, 2.05) is 18.2 Å². The summed E-state index contributed by atoms with van der Waals surface area (Å²) in [5.41, 5.74) is 1.10. The predicted octanol–water partition coefficient (Wildman–Crippen LogP) is 3.59. The smallest absolute Gasteiger partial charge is 0.270 e. The molecule has 3 rings (SSSR count). The van der Waals surface area contributed by atoms with Crippen LogP contribution in [-0.4, -0.2) is 36.5 Å². The average Bonchev–Trinajstić information content (AvgIpc) is 3.16. The Morgan fingerprint density at radius 1 is 1.19 bits per heavy atom.